The van der Waals surface area contributed by atoms with E-state index in [0.29, 0.717) is 5.69 Å². The fourth-order valence-electron chi connectivity index (χ4n) is 1.77. The zero-order chi connectivity index (χ0) is 15.8. The van der Waals surface area contributed by atoms with Crippen LogP contribution in [0.5, 0.6) is 0 Å². The summed E-state index contributed by atoms with van der Waals surface area (Å²) in [6.45, 7) is 1.46. The van der Waals surface area contributed by atoms with Gasteiger partial charge in [-0.25, -0.2) is 17.2 Å². The van der Waals surface area contributed by atoms with Crippen molar-refractivity contribution < 1.29 is 17.2 Å². The van der Waals surface area contributed by atoms with Crippen molar-refractivity contribution in [3.63, 3.8) is 0 Å². The third-order valence-electron chi connectivity index (χ3n) is 2.97. The predicted molar refractivity (Wildman–Crippen MR) is 78.3 cm³/mol. The maximum absolute atomic E-state index is 13.8. The second-order valence-electron chi connectivity index (χ2n) is 4.73. The molecule has 0 saturated heterocycles. The Bertz CT molecular complexity index is 805. The highest BCUT2D eigenvalue weighted by Gasteiger charge is 2.12. The van der Waals surface area contributed by atoms with Crippen LogP contribution >= 0.6 is 0 Å². The Kier molecular flexibility index (Phi) is 3.87. The van der Waals surface area contributed by atoms with E-state index < -0.39 is 21.5 Å². The molecule has 0 amide bonds. The Morgan fingerprint density at radius 2 is 1.71 bits per heavy atom. The first-order chi connectivity index (χ1) is 9.68. The van der Waals surface area contributed by atoms with Gasteiger partial charge in [0.15, 0.2) is 9.84 Å². The minimum absolute atomic E-state index is 0.0566. The second kappa shape index (κ2) is 5.33. The van der Waals surface area contributed by atoms with Gasteiger partial charge in [-0.05, 0) is 36.8 Å². The molecule has 0 aliphatic heterocycles. The molecule has 0 heterocycles. The van der Waals surface area contributed by atoms with E-state index in [0.717, 1.165) is 18.4 Å². The van der Waals surface area contributed by atoms with Gasteiger partial charge < -0.3 is 11.1 Å². The number of nitrogens with two attached hydrogens (primary N) is 1. The minimum atomic E-state index is -3.38. The normalized spacial score (nSPS) is 11.4. The van der Waals surface area contributed by atoms with Gasteiger partial charge in [0.1, 0.15) is 11.6 Å². The Hall–Kier alpha value is -2.15. The summed E-state index contributed by atoms with van der Waals surface area (Å²) in [5.41, 5.74) is 6.28. The molecule has 0 aliphatic carbocycles. The molecule has 0 spiro atoms. The third kappa shape index (κ3) is 3.30. The molecule has 2 aromatic carbocycles. The molecule has 0 atom stereocenters. The topological polar surface area (TPSA) is 72.2 Å². The van der Waals surface area contributed by atoms with Gasteiger partial charge in [-0.3, -0.25) is 0 Å². The fraction of sp³-hybridized carbons (Fsp3) is 0.143. The van der Waals surface area contributed by atoms with E-state index in [9.17, 15) is 17.2 Å². The van der Waals surface area contributed by atoms with Crippen molar-refractivity contribution >= 4 is 26.9 Å². The summed E-state index contributed by atoms with van der Waals surface area (Å²) in [7, 11) is -3.38. The molecule has 0 radical (unpaired) electrons. The van der Waals surface area contributed by atoms with Crippen LogP contribution in [0.1, 0.15) is 5.56 Å². The highest BCUT2D eigenvalue weighted by Crippen LogP contribution is 2.28. The largest absolute Gasteiger partial charge is 0.397 e. The van der Waals surface area contributed by atoms with E-state index in [-0.39, 0.29) is 21.8 Å². The summed E-state index contributed by atoms with van der Waals surface area (Å²) < 4.78 is 50.0. The van der Waals surface area contributed by atoms with Crippen molar-refractivity contribution in [3.8, 4) is 0 Å². The lowest BCUT2D eigenvalue weighted by atomic mass is 10.2. The molecule has 2 aromatic rings. The Morgan fingerprint density at radius 3 is 2.29 bits per heavy atom. The van der Waals surface area contributed by atoms with Crippen LogP contribution < -0.4 is 11.1 Å². The van der Waals surface area contributed by atoms with Crippen LogP contribution in [0.25, 0.3) is 0 Å². The Morgan fingerprint density at radius 1 is 1.05 bits per heavy atom. The molecule has 0 bridgehead atoms. The highest BCUT2D eigenvalue weighted by atomic mass is 32.2. The number of sulfone groups is 1. The first kappa shape index (κ1) is 15.2. The van der Waals surface area contributed by atoms with E-state index in [4.69, 9.17) is 5.73 Å². The molecule has 7 heteroatoms. The van der Waals surface area contributed by atoms with E-state index in [1.165, 1.54) is 25.1 Å². The third-order valence-corrected chi connectivity index (χ3v) is 4.08. The first-order valence-corrected chi connectivity index (χ1v) is 7.90. The van der Waals surface area contributed by atoms with Gasteiger partial charge in [-0.15, -0.1) is 0 Å². The van der Waals surface area contributed by atoms with Gasteiger partial charge in [-0.2, -0.15) is 0 Å². The number of nitrogen functional groups attached to an aromatic ring is 1. The van der Waals surface area contributed by atoms with Crippen LogP contribution in [0, 0.1) is 18.6 Å². The van der Waals surface area contributed by atoms with Crippen LogP contribution in [0.3, 0.4) is 0 Å². The van der Waals surface area contributed by atoms with Crippen molar-refractivity contribution in [2.24, 2.45) is 0 Å². The number of anilines is 3. The van der Waals surface area contributed by atoms with Gasteiger partial charge in [0.25, 0.3) is 0 Å². The number of benzene rings is 2. The molecule has 3 N–H and O–H groups in total. The molecular weight excluding hydrogens is 298 g/mol. The highest BCUT2D eigenvalue weighted by molar-refractivity contribution is 7.90. The van der Waals surface area contributed by atoms with Gasteiger partial charge in [-0.1, -0.05) is 0 Å². The van der Waals surface area contributed by atoms with Crippen molar-refractivity contribution in [2.75, 3.05) is 17.3 Å². The van der Waals surface area contributed by atoms with E-state index in [1.807, 2.05) is 0 Å². The molecule has 0 unspecified atom stereocenters. The molecule has 0 fully saturated rings. The smallest absolute Gasteiger partial charge is 0.175 e. The molecule has 112 valence electrons. The monoisotopic (exact) mass is 312 g/mol. The standard InChI is InChI=1S/C14H14F2N2O2S/c1-8-5-11(16)14(7-10(8)15)18-13-4-3-9(6-12(13)17)21(2,19)20/h3-7,18H,17H2,1-2H3. The number of hydrogen-bond acceptors (Lipinski definition) is 4. The van der Waals surface area contributed by atoms with Crippen molar-refractivity contribution in [1.29, 1.82) is 0 Å². The van der Waals surface area contributed by atoms with Gasteiger partial charge in [0.05, 0.1) is 22.0 Å². The van der Waals surface area contributed by atoms with Gasteiger partial charge in [0.2, 0.25) is 0 Å². The zero-order valence-electron chi connectivity index (χ0n) is 11.4. The summed E-state index contributed by atoms with van der Waals surface area (Å²) in [5.74, 6) is -1.18. The number of halogens is 2. The number of nitrogens with one attached hydrogen (secondary N) is 1. The van der Waals surface area contributed by atoms with Crippen molar-refractivity contribution in [1.82, 2.24) is 0 Å². The summed E-state index contributed by atoms with van der Waals surface area (Å²) >= 11 is 0. The Labute approximate surface area is 121 Å². The predicted octanol–water partition coefficient (Wildman–Crippen LogP) is 3.00. The summed E-state index contributed by atoms with van der Waals surface area (Å²) in [6, 6.07) is 6.10. The maximum atomic E-state index is 13.8. The first-order valence-electron chi connectivity index (χ1n) is 6.01. The van der Waals surface area contributed by atoms with Crippen molar-refractivity contribution in [3.05, 3.63) is 47.5 Å². The van der Waals surface area contributed by atoms with Crippen LogP contribution in [-0.2, 0) is 9.84 Å². The van der Waals surface area contributed by atoms with Gasteiger partial charge >= 0.3 is 0 Å². The number of aryl methyl sites for hydroxylation is 1. The van der Waals surface area contributed by atoms with Crippen LogP contribution in [0.15, 0.2) is 35.2 Å². The lowest BCUT2D eigenvalue weighted by molar-refractivity contribution is 0.595. The van der Waals surface area contributed by atoms with E-state index in [2.05, 4.69) is 5.32 Å². The molecule has 0 saturated carbocycles. The summed E-state index contributed by atoms with van der Waals surface area (Å²) in [6.07, 6.45) is 1.06. The van der Waals surface area contributed by atoms with Crippen molar-refractivity contribution in [2.45, 2.75) is 11.8 Å². The van der Waals surface area contributed by atoms with E-state index >= 15 is 0 Å². The maximum Gasteiger partial charge on any atom is 0.175 e. The van der Waals surface area contributed by atoms with E-state index in [1.54, 1.807) is 0 Å². The minimum Gasteiger partial charge on any atom is -0.397 e. The Balaban J connectivity index is 2.39. The van der Waals surface area contributed by atoms with Crippen LogP contribution in [-0.4, -0.2) is 14.7 Å². The molecule has 0 aromatic heterocycles. The number of hydrogen-bond donors (Lipinski definition) is 2. The fourth-order valence-corrected chi connectivity index (χ4v) is 2.43. The molecule has 2 rings (SSSR count). The second-order valence-corrected chi connectivity index (χ2v) is 6.74. The molecule has 21 heavy (non-hydrogen) atoms. The van der Waals surface area contributed by atoms with Gasteiger partial charge in [0, 0.05) is 12.3 Å². The SMILES string of the molecule is Cc1cc(F)c(Nc2ccc(S(C)(=O)=O)cc2N)cc1F. The molecule has 4 nitrogen and oxygen atoms in total. The average Bonchev–Trinajstić information content (AvgIpc) is 2.36. The molecule has 0 aliphatic rings. The average molecular weight is 312 g/mol. The lowest BCUT2D eigenvalue weighted by Gasteiger charge is -2.12. The van der Waals surface area contributed by atoms with Crippen LogP contribution in [0.4, 0.5) is 25.8 Å². The quantitative estimate of drug-likeness (QED) is 0.855. The molecular formula is C14H14F2N2O2S. The summed E-state index contributed by atoms with van der Waals surface area (Å²) in [5, 5.41) is 2.65. The zero-order valence-corrected chi connectivity index (χ0v) is 12.3. The van der Waals surface area contributed by atoms with Crippen LogP contribution in [0.2, 0.25) is 0 Å². The summed E-state index contributed by atoms with van der Waals surface area (Å²) in [4.78, 5) is 0.0566. The lowest BCUT2D eigenvalue weighted by Crippen LogP contribution is -2.03. The number of rotatable bonds is 3.